The van der Waals surface area contributed by atoms with E-state index in [0.717, 1.165) is 10.9 Å². The molecule has 0 saturated heterocycles. The molecule has 0 aliphatic heterocycles. The Hall–Kier alpha value is -0.650. The van der Waals surface area contributed by atoms with Gasteiger partial charge in [-0.3, -0.25) is 0 Å². The number of rotatable bonds is 4. The van der Waals surface area contributed by atoms with Crippen LogP contribution in [0.2, 0.25) is 0 Å². The van der Waals surface area contributed by atoms with E-state index in [0.29, 0.717) is 29.2 Å². The van der Waals surface area contributed by atoms with Gasteiger partial charge in [0, 0.05) is 11.0 Å². The summed E-state index contributed by atoms with van der Waals surface area (Å²) in [4.78, 5) is 0.328. The largest absolute Gasteiger partial charge is 0.240 e. The standard InChI is InChI=1S/C14H16BrNO2S/c15-13-3-5-14(6-4-13)19(17,18)16-9-12-8-10-1-2-11(12)7-10/h1-6,10-12,16H,7-9H2/t10-,11-,12+/m0/s1. The maximum absolute atomic E-state index is 12.2. The number of benzene rings is 1. The highest BCUT2D eigenvalue weighted by Gasteiger charge is 2.35. The predicted molar refractivity (Wildman–Crippen MR) is 78.2 cm³/mol. The van der Waals surface area contributed by atoms with E-state index in [2.05, 4.69) is 32.8 Å². The van der Waals surface area contributed by atoms with Gasteiger partial charge in [0.05, 0.1) is 4.90 Å². The zero-order chi connectivity index (χ0) is 13.5. The Morgan fingerprint density at radius 3 is 2.47 bits per heavy atom. The molecule has 0 heterocycles. The zero-order valence-electron chi connectivity index (χ0n) is 10.4. The van der Waals surface area contributed by atoms with Crippen LogP contribution >= 0.6 is 15.9 Å². The predicted octanol–water partition coefficient (Wildman–Crippen LogP) is 2.94. The topological polar surface area (TPSA) is 46.2 Å². The summed E-state index contributed by atoms with van der Waals surface area (Å²) in [6, 6.07) is 6.73. The summed E-state index contributed by atoms with van der Waals surface area (Å²) in [6.07, 6.45) is 6.83. The number of halogens is 1. The van der Waals surface area contributed by atoms with Gasteiger partial charge in [0.25, 0.3) is 0 Å². The minimum absolute atomic E-state index is 0.328. The van der Waals surface area contributed by atoms with Crippen molar-refractivity contribution in [2.24, 2.45) is 17.8 Å². The van der Waals surface area contributed by atoms with Gasteiger partial charge in [-0.15, -0.1) is 0 Å². The molecule has 3 atom stereocenters. The first kappa shape index (κ1) is 13.3. The monoisotopic (exact) mass is 341 g/mol. The lowest BCUT2D eigenvalue weighted by Crippen LogP contribution is -2.31. The summed E-state index contributed by atoms with van der Waals surface area (Å²) in [5, 5.41) is 0. The SMILES string of the molecule is O=S(=O)(NC[C@H]1C[C@H]2C=C[C@H]1C2)c1ccc(Br)cc1. The van der Waals surface area contributed by atoms with Gasteiger partial charge >= 0.3 is 0 Å². The molecule has 1 saturated carbocycles. The molecule has 2 bridgehead atoms. The number of allylic oxidation sites excluding steroid dienone is 2. The van der Waals surface area contributed by atoms with Crippen molar-refractivity contribution in [3.8, 4) is 0 Å². The number of fused-ring (bicyclic) bond motifs is 2. The minimum atomic E-state index is -3.38. The lowest BCUT2D eigenvalue weighted by atomic mass is 9.94. The second-order valence-corrected chi connectivity index (χ2v) is 8.03. The third-order valence-electron chi connectivity index (χ3n) is 4.08. The van der Waals surface area contributed by atoms with Gasteiger partial charge in [0.1, 0.15) is 0 Å². The Labute approximate surface area is 122 Å². The van der Waals surface area contributed by atoms with Crippen molar-refractivity contribution in [2.75, 3.05) is 6.54 Å². The fourth-order valence-electron chi connectivity index (χ4n) is 3.04. The Bertz CT molecular complexity index is 594. The van der Waals surface area contributed by atoms with Gasteiger partial charge in [0.15, 0.2) is 0 Å². The first-order valence-corrected chi connectivity index (χ1v) is 8.76. The van der Waals surface area contributed by atoms with Crippen molar-refractivity contribution in [1.29, 1.82) is 0 Å². The molecule has 3 rings (SSSR count). The van der Waals surface area contributed by atoms with E-state index in [9.17, 15) is 8.42 Å². The second-order valence-electron chi connectivity index (χ2n) is 5.35. The fourth-order valence-corrected chi connectivity index (χ4v) is 4.40. The summed E-state index contributed by atoms with van der Waals surface area (Å²) in [6.45, 7) is 0.546. The van der Waals surface area contributed by atoms with Crippen LogP contribution in [0, 0.1) is 17.8 Å². The highest BCUT2D eigenvalue weighted by atomic mass is 79.9. The van der Waals surface area contributed by atoms with Crippen LogP contribution in [0.4, 0.5) is 0 Å². The van der Waals surface area contributed by atoms with Crippen LogP contribution in [0.1, 0.15) is 12.8 Å². The molecule has 5 heteroatoms. The molecule has 0 aromatic heterocycles. The van der Waals surface area contributed by atoms with Gasteiger partial charge in [-0.1, -0.05) is 28.1 Å². The summed E-state index contributed by atoms with van der Waals surface area (Å²) in [5.74, 6) is 1.70. The van der Waals surface area contributed by atoms with E-state index in [1.165, 1.54) is 6.42 Å². The number of hydrogen-bond donors (Lipinski definition) is 1. The summed E-state index contributed by atoms with van der Waals surface area (Å²) in [5.41, 5.74) is 0. The molecular weight excluding hydrogens is 326 g/mol. The molecule has 2 aliphatic carbocycles. The third-order valence-corrected chi connectivity index (χ3v) is 6.04. The highest BCUT2D eigenvalue weighted by Crippen LogP contribution is 2.43. The number of nitrogens with one attached hydrogen (secondary N) is 1. The molecule has 1 aromatic carbocycles. The van der Waals surface area contributed by atoms with Gasteiger partial charge in [-0.25, -0.2) is 13.1 Å². The van der Waals surface area contributed by atoms with Crippen molar-refractivity contribution in [3.05, 3.63) is 40.9 Å². The average molecular weight is 342 g/mol. The molecule has 0 unspecified atom stereocenters. The summed E-state index contributed by atoms with van der Waals surface area (Å²) in [7, 11) is -3.38. The maximum Gasteiger partial charge on any atom is 0.240 e. The van der Waals surface area contributed by atoms with Crippen molar-refractivity contribution < 1.29 is 8.42 Å². The van der Waals surface area contributed by atoms with Crippen molar-refractivity contribution in [1.82, 2.24) is 4.72 Å². The normalized spacial score (nSPS) is 29.0. The zero-order valence-corrected chi connectivity index (χ0v) is 12.8. The van der Waals surface area contributed by atoms with Crippen LogP contribution in [0.25, 0.3) is 0 Å². The van der Waals surface area contributed by atoms with E-state index in [4.69, 9.17) is 0 Å². The lowest BCUT2D eigenvalue weighted by Gasteiger charge is -2.18. The Morgan fingerprint density at radius 2 is 1.89 bits per heavy atom. The maximum atomic E-state index is 12.2. The van der Waals surface area contributed by atoms with Crippen LogP contribution in [-0.4, -0.2) is 15.0 Å². The number of sulfonamides is 1. The van der Waals surface area contributed by atoms with Crippen LogP contribution in [0.3, 0.4) is 0 Å². The molecular formula is C14H16BrNO2S. The van der Waals surface area contributed by atoms with Gasteiger partial charge < -0.3 is 0 Å². The Kier molecular flexibility index (Phi) is 3.53. The minimum Gasteiger partial charge on any atom is -0.211 e. The second kappa shape index (κ2) is 5.04. The average Bonchev–Trinajstić information content (AvgIpc) is 2.99. The van der Waals surface area contributed by atoms with E-state index < -0.39 is 10.0 Å². The van der Waals surface area contributed by atoms with Crippen LogP contribution in [-0.2, 0) is 10.0 Å². The molecule has 0 amide bonds. The van der Waals surface area contributed by atoms with E-state index >= 15 is 0 Å². The summed E-state index contributed by atoms with van der Waals surface area (Å²) >= 11 is 3.30. The van der Waals surface area contributed by atoms with Crippen molar-refractivity contribution in [2.45, 2.75) is 17.7 Å². The Morgan fingerprint density at radius 1 is 1.16 bits per heavy atom. The first-order valence-electron chi connectivity index (χ1n) is 6.48. The first-order chi connectivity index (χ1) is 9.04. The Balaban J connectivity index is 1.66. The smallest absolute Gasteiger partial charge is 0.211 e. The molecule has 0 spiro atoms. The van der Waals surface area contributed by atoms with Gasteiger partial charge in [-0.05, 0) is 54.9 Å². The molecule has 1 N–H and O–H groups in total. The third kappa shape index (κ3) is 2.78. The van der Waals surface area contributed by atoms with Crippen molar-refractivity contribution >= 4 is 26.0 Å². The molecule has 3 nitrogen and oxygen atoms in total. The van der Waals surface area contributed by atoms with Crippen LogP contribution < -0.4 is 4.72 Å². The molecule has 19 heavy (non-hydrogen) atoms. The van der Waals surface area contributed by atoms with Gasteiger partial charge in [0.2, 0.25) is 10.0 Å². The molecule has 0 radical (unpaired) electrons. The quantitative estimate of drug-likeness (QED) is 0.856. The van der Waals surface area contributed by atoms with Crippen molar-refractivity contribution in [3.63, 3.8) is 0 Å². The summed E-state index contributed by atoms with van der Waals surface area (Å²) < 4.78 is 27.9. The van der Waals surface area contributed by atoms with Crippen LogP contribution in [0.15, 0.2) is 45.8 Å². The fraction of sp³-hybridized carbons (Fsp3) is 0.429. The molecule has 1 aromatic rings. The molecule has 2 aliphatic rings. The van der Waals surface area contributed by atoms with Crippen LogP contribution in [0.5, 0.6) is 0 Å². The number of hydrogen-bond acceptors (Lipinski definition) is 2. The van der Waals surface area contributed by atoms with E-state index in [1.54, 1.807) is 24.3 Å². The van der Waals surface area contributed by atoms with Gasteiger partial charge in [-0.2, -0.15) is 0 Å². The van der Waals surface area contributed by atoms with E-state index in [-0.39, 0.29) is 0 Å². The molecule has 102 valence electrons. The van der Waals surface area contributed by atoms with E-state index in [1.807, 2.05) is 0 Å². The lowest BCUT2D eigenvalue weighted by molar-refractivity contribution is 0.440. The molecule has 1 fully saturated rings. The highest BCUT2D eigenvalue weighted by molar-refractivity contribution is 9.10.